The third-order valence-corrected chi connectivity index (χ3v) is 4.45. The van der Waals surface area contributed by atoms with Crippen molar-refractivity contribution < 1.29 is 9.47 Å². The van der Waals surface area contributed by atoms with E-state index in [1.807, 2.05) is 0 Å². The number of hydrogen-bond acceptors (Lipinski definition) is 7. The molecule has 1 fully saturated rings. The lowest BCUT2D eigenvalue weighted by molar-refractivity contribution is -0.0374. The molecule has 120 valence electrons. The number of hydrogen-bond donors (Lipinski definition) is 1. The third kappa shape index (κ3) is 3.70. The van der Waals surface area contributed by atoms with Gasteiger partial charge in [0.25, 0.3) is 0 Å². The predicted octanol–water partition coefficient (Wildman–Crippen LogP) is 1.54. The van der Waals surface area contributed by atoms with Gasteiger partial charge in [0.1, 0.15) is 16.9 Å². The highest BCUT2D eigenvalue weighted by atomic mass is 32.1. The van der Waals surface area contributed by atoms with Crippen molar-refractivity contribution in [1.29, 1.82) is 0 Å². The first-order valence-electron chi connectivity index (χ1n) is 7.45. The second-order valence-corrected chi connectivity index (χ2v) is 6.20. The molecule has 7 nitrogen and oxygen atoms in total. The maximum Gasteiger partial charge on any atom is 0.180 e. The summed E-state index contributed by atoms with van der Waals surface area (Å²) in [7, 11) is 1.69. The van der Waals surface area contributed by atoms with Gasteiger partial charge >= 0.3 is 0 Å². The van der Waals surface area contributed by atoms with E-state index in [1.54, 1.807) is 18.4 Å². The number of morpholine rings is 1. The van der Waals surface area contributed by atoms with Crippen LogP contribution < -0.4 is 0 Å². The first-order valence-corrected chi connectivity index (χ1v) is 8.33. The van der Waals surface area contributed by atoms with Gasteiger partial charge in [-0.25, -0.2) is 9.97 Å². The molecule has 0 radical (unpaired) electrons. The number of aromatic nitrogens is 4. The lowest BCUT2D eigenvalue weighted by atomic mass is 10.2. The third-order valence-electron chi connectivity index (χ3n) is 3.58. The number of aromatic amines is 1. The van der Waals surface area contributed by atoms with Crippen LogP contribution in [-0.4, -0.2) is 51.9 Å². The van der Waals surface area contributed by atoms with Crippen molar-refractivity contribution in [3.63, 3.8) is 0 Å². The lowest BCUT2D eigenvalue weighted by Crippen LogP contribution is -2.38. The van der Waals surface area contributed by atoms with Gasteiger partial charge in [-0.05, 0) is 0 Å². The summed E-state index contributed by atoms with van der Waals surface area (Å²) >= 11 is 1.64. The van der Waals surface area contributed by atoms with Gasteiger partial charge in [0.05, 0.1) is 18.9 Å². The van der Waals surface area contributed by atoms with Crippen LogP contribution >= 0.6 is 11.3 Å². The summed E-state index contributed by atoms with van der Waals surface area (Å²) in [5, 5.41) is 10.3. The van der Waals surface area contributed by atoms with Crippen LogP contribution in [0.5, 0.6) is 0 Å². The fraction of sp³-hybridized carbons (Fsp3) is 0.643. The Hall–Kier alpha value is -1.35. The highest BCUT2D eigenvalue weighted by Gasteiger charge is 2.25. The van der Waals surface area contributed by atoms with Crippen molar-refractivity contribution in [2.24, 2.45) is 0 Å². The molecule has 0 spiro atoms. The lowest BCUT2D eigenvalue weighted by Gasteiger charge is -2.30. The van der Waals surface area contributed by atoms with Gasteiger partial charge in [0.15, 0.2) is 5.82 Å². The quantitative estimate of drug-likeness (QED) is 0.869. The molecule has 2 aromatic rings. The monoisotopic (exact) mass is 323 g/mol. The zero-order valence-electron chi connectivity index (χ0n) is 12.9. The van der Waals surface area contributed by atoms with Crippen molar-refractivity contribution in [2.45, 2.75) is 32.6 Å². The summed E-state index contributed by atoms with van der Waals surface area (Å²) < 4.78 is 10.9. The number of aryl methyl sites for hydroxylation is 1. The number of nitrogens with zero attached hydrogens (tertiary/aromatic N) is 4. The highest BCUT2D eigenvalue weighted by molar-refractivity contribution is 7.09. The molecule has 1 aliphatic rings. The first-order chi connectivity index (χ1) is 10.8. The van der Waals surface area contributed by atoms with Gasteiger partial charge in [0, 0.05) is 38.5 Å². The molecule has 0 aliphatic carbocycles. The van der Waals surface area contributed by atoms with Crippen LogP contribution in [0.1, 0.15) is 35.4 Å². The largest absolute Gasteiger partial charge is 0.378 e. The molecule has 0 bridgehead atoms. The van der Waals surface area contributed by atoms with Crippen molar-refractivity contribution in [1.82, 2.24) is 25.1 Å². The Labute approximate surface area is 133 Å². The summed E-state index contributed by atoms with van der Waals surface area (Å²) in [4.78, 5) is 11.4. The van der Waals surface area contributed by atoms with Crippen LogP contribution in [0.25, 0.3) is 0 Å². The molecule has 1 saturated heterocycles. The smallest absolute Gasteiger partial charge is 0.180 e. The van der Waals surface area contributed by atoms with Crippen LogP contribution in [0.2, 0.25) is 0 Å². The van der Waals surface area contributed by atoms with E-state index in [2.05, 4.69) is 37.4 Å². The minimum Gasteiger partial charge on any atom is -0.378 e. The fourth-order valence-electron chi connectivity index (χ4n) is 2.45. The zero-order chi connectivity index (χ0) is 15.4. The van der Waals surface area contributed by atoms with Crippen LogP contribution in [0.3, 0.4) is 0 Å². The van der Waals surface area contributed by atoms with Crippen molar-refractivity contribution >= 4 is 11.3 Å². The zero-order valence-corrected chi connectivity index (χ0v) is 13.7. The number of rotatable bonds is 6. The van der Waals surface area contributed by atoms with E-state index in [0.29, 0.717) is 13.2 Å². The number of thiazole rings is 1. The van der Waals surface area contributed by atoms with Gasteiger partial charge in [-0.2, -0.15) is 5.10 Å². The molecular weight excluding hydrogens is 302 g/mol. The van der Waals surface area contributed by atoms with Gasteiger partial charge in [-0.1, -0.05) is 6.92 Å². The second-order valence-electron chi connectivity index (χ2n) is 5.25. The second kappa shape index (κ2) is 7.28. The molecule has 0 saturated carbocycles. The molecule has 8 heteroatoms. The van der Waals surface area contributed by atoms with Crippen LogP contribution in [-0.2, 0) is 29.0 Å². The molecule has 1 atom stereocenters. The number of ether oxygens (including phenoxy) is 2. The fourth-order valence-corrected chi connectivity index (χ4v) is 3.21. The summed E-state index contributed by atoms with van der Waals surface area (Å²) in [5.74, 6) is 1.65. The van der Waals surface area contributed by atoms with E-state index < -0.39 is 0 Å². The normalized spacial score (nSPS) is 19.6. The van der Waals surface area contributed by atoms with Crippen LogP contribution in [0, 0.1) is 0 Å². The van der Waals surface area contributed by atoms with E-state index in [1.165, 1.54) is 0 Å². The van der Waals surface area contributed by atoms with Gasteiger partial charge in [0.2, 0.25) is 0 Å². The Balaban J connectivity index is 1.60. The average Bonchev–Trinajstić information content (AvgIpc) is 3.17. The molecule has 3 heterocycles. The Kier molecular flexibility index (Phi) is 5.14. The van der Waals surface area contributed by atoms with Crippen molar-refractivity contribution in [3.8, 4) is 0 Å². The summed E-state index contributed by atoms with van der Waals surface area (Å²) in [5.41, 5.74) is 1.09. The van der Waals surface area contributed by atoms with E-state index in [9.17, 15) is 0 Å². The van der Waals surface area contributed by atoms with Gasteiger partial charge in [-0.15, -0.1) is 11.3 Å². The minimum atomic E-state index is -0.0672. The molecule has 22 heavy (non-hydrogen) atoms. The minimum absolute atomic E-state index is 0.0672. The molecular formula is C14H21N5O2S. The predicted molar refractivity (Wildman–Crippen MR) is 82.6 cm³/mol. The van der Waals surface area contributed by atoms with Crippen LogP contribution in [0.15, 0.2) is 5.38 Å². The Morgan fingerprint density at radius 1 is 1.50 bits per heavy atom. The standard InChI is InChI=1S/C14H21N5O2S/c1-3-12-16-14(18-17-12)11-7-19(4-5-21-11)6-10-9-22-13(15-10)8-20-2/h9,11H,3-8H2,1-2H3,(H,16,17,18)/t11-/m0/s1. The molecule has 0 amide bonds. The number of H-pyrrole nitrogens is 1. The first kappa shape index (κ1) is 15.5. The molecule has 3 rings (SSSR count). The Morgan fingerprint density at radius 3 is 3.18 bits per heavy atom. The molecule has 2 aromatic heterocycles. The maximum atomic E-state index is 5.81. The van der Waals surface area contributed by atoms with E-state index in [-0.39, 0.29) is 6.10 Å². The van der Waals surface area contributed by atoms with E-state index in [4.69, 9.17) is 9.47 Å². The number of methoxy groups -OCH3 is 1. The van der Waals surface area contributed by atoms with E-state index in [0.717, 1.165) is 48.4 Å². The van der Waals surface area contributed by atoms with Crippen molar-refractivity contribution in [3.05, 3.63) is 27.7 Å². The molecule has 0 unspecified atom stereocenters. The topological polar surface area (TPSA) is 76.2 Å². The average molecular weight is 323 g/mol. The summed E-state index contributed by atoms with van der Waals surface area (Å²) in [6.07, 6.45) is 0.784. The summed E-state index contributed by atoms with van der Waals surface area (Å²) in [6.45, 7) is 5.84. The van der Waals surface area contributed by atoms with Crippen molar-refractivity contribution in [2.75, 3.05) is 26.8 Å². The molecule has 0 aromatic carbocycles. The SMILES string of the molecule is CCc1nc([C@@H]2CN(Cc3csc(COC)n3)CCO2)n[nH]1. The van der Waals surface area contributed by atoms with Gasteiger partial charge < -0.3 is 9.47 Å². The number of nitrogens with one attached hydrogen (secondary N) is 1. The van der Waals surface area contributed by atoms with E-state index >= 15 is 0 Å². The van der Waals surface area contributed by atoms with Gasteiger partial charge in [-0.3, -0.25) is 10.00 Å². The molecule has 1 aliphatic heterocycles. The summed E-state index contributed by atoms with van der Waals surface area (Å²) in [6, 6.07) is 0. The molecule has 1 N–H and O–H groups in total. The Bertz CT molecular complexity index is 600. The Morgan fingerprint density at radius 2 is 2.41 bits per heavy atom. The highest BCUT2D eigenvalue weighted by Crippen LogP contribution is 2.21. The maximum absolute atomic E-state index is 5.81. The van der Waals surface area contributed by atoms with Crippen LogP contribution in [0.4, 0.5) is 0 Å².